The number of nitrogens with zero attached hydrogens (tertiary/aromatic N) is 3. The van der Waals surface area contributed by atoms with E-state index in [-0.39, 0.29) is 0 Å². The molecule has 0 saturated carbocycles. The fourth-order valence-corrected chi connectivity index (χ4v) is 4.55. The van der Waals surface area contributed by atoms with Crippen LogP contribution in [0.1, 0.15) is 18.5 Å². The van der Waals surface area contributed by atoms with Gasteiger partial charge < -0.3 is 20.4 Å². The van der Waals surface area contributed by atoms with Crippen molar-refractivity contribution in [1.29, 1.82) is 0 Å². The van der Waals surface area contributed by atoms with Crippen molar-refractivity contribution in [3.8, 4) is 34.5 Å². The van der Waals surface area contributed by atoms with Gasteiger partial charge in [0.05, 0.1) is 11.9 Å². The van der Waals surface area contributed by atoms with Crippen LogP contribution >= 0.6 is 0 Å². The number of ether oxygens (including phenoxy) is 1. The Labute approximate surface area is 198 Å². The highest BCUT2D eigenvalue weighted by Crippen LogP contribution is 2.41. The Morgan fingerprint density at radius 2 is 1.88 bits per heavy atom. The summed E-state index contributed by atoms with van der Waals surface area (Å²) in [4.78, 5) is 19.2. The molecule has 34 heavy (non-hydrogen) atoms. The Balaban J connectivity index is 1.46. The van der Waals surface area contributed by atoms with Gasteiger partial charge in [0.1, 0.15) is 29.3 Å². The Hall–Kier alpha value is -4.31. The number of nitrogens with one attached hydrogen (secondary N) is 1. The third-order valence-electron chi connectivity index (χ3n) is 6.12. The first-order chi connectivity index (χ1) is 16.7. The van der Waals surface area contributed by atoms with Gasteiger partial charge in [0.25, 0.3) is 0 Å². The van der Waals surface area contributed by atoms with Crippen LogP contribution in [0.3, 0.4) is 0 Å². The number of carbonyl (C=O) groups is 1. The lowest BCUT2D eigenvalue weighted by molar-refractivity contribution is -0.109. The number of hydrogen-bond acceptors (Lipinski definition) is 5. The maximum absolute atomic E-state index is 10.4. The number of aromatic nitrogens is 3. The lowest BCUT2D eigenvalue weighted by Gasteiger charge is -2.24. The van der Waals surface area contributed by atoms with Crippen LogP contribution < -0.4 is 15.8 Å². The molecule has 0 fully saturated rings. The van der Waals surface area contributed by atoms with E-state index in [4.69, 9.17) is 10.5 Å². The second-order valence-corrected chi connectivity index (χ2v) is 8.29. The maximum Gasteiger partial charge on any atom is 0.207 e. The highest BCUT2D eigenvalue weighted by molar-refractivity contribution is 6.02. The first-order valence-corrected chi connectivity index (χ1v) is 11.3. The highest BCUT2D eigenvalue weighted by Gasteiger charge is 2.27. The fraction of sp³-hybridized carbons (Fsp3) is 0.222. The SMILES string of the molecule is Nc1ncnc2c1c(-c1ccc(Oc3ccccc3)cc1)c1n2C[C@@H](CC#CCNC=O)CC1. The third kappa shape index (κ3) is 4.30. The van der Waals surface area contributed by atoms with Crippen LogP contribution in [0.25, 0.3) is 22.2 Å². The van der Waals surface area contributed by atoms with Gasteiger partial charge in [0, 0.05) is 24.2 Å². The number of carbonyl (C=O) groups excluding carboxylic acids is 1. The number of fused-ring (bicyclic) bond motifs is 3. The molecule has 0 bridgehead atoms. The minimum Gasteiger partial charge on any atom is -0.457 e. The first kappa shape index (κ1) is 21.5. The summed E-state index contributed by atoms with van der Waals surface area (Å²) in [5.74, 6) is 8.67. The summed E-state index contributed by atoms with van der Waals surface area (Å²) in [5, 5.41) is 3.47. The standard InChI is InChI=1S/C27H25N5O2/c28-26-25-24(20-10-12-22(13-11-20)34-21-7-2-1-3-8-21)23-14-9-19(6-4-5-15-29-18-33)16-32(23)27(25)31-17-30-26/h1-3,7-8,10-13,17-19H,6,9,14-16H2,(H,29,33)(H2,28,30,31)/t19-/m0/s1. The molecule has 7 heteroatoms. The Morgan fingerprint density at radius 1 is 1.09 bits per heavy atom. The molecule has 1 amide bonds. The van der Waals surface area contributed by atoms with Gasteiger partial charge >= 0.3 is 0 Å². The number of nitrogen functional groups attached to an aromatic ring is 1. The van der Waals surface area contributed by atoms with Crippen molar-refractivity contribution in [3.63, 3.8) is 0 Å². The quantitative estimate of drug-likeness (QED) is 0.261. The van der Waals surface area contributed by atoms with Crippen molar-refractivity contribution < 1.29 is 9.53 Å². The third-order valence-corrected chi connectivity index (χ3v) is 6.12. The zero-order valence-corrected chi connectivity index (χ0v) is 18.7. The molecule has 2 aromatic heterocycles. The Morgan fingerprint density at radius 3 is 2.68 bits per heavy atom. The summed E-state index contributed by atoms with van der Waals surface area (Å²) < 4.78 is 8.23. The van der Waals surface area contributed by atoms with Crippen LogP contribution in [0.15, 0.2) is 60.9 Å². The summed E-state index contributed by atoms with van der Waals surface area (Å²) in [6.07, 6.45) is 4.91. The van der Waals surface area contributed by atoms with Gasteiger partial charge in [-0.1, -0.05) is 36.3 Å². The molecule has 7 nitrogen and oxygen atoms in total. The topological polar surface area (TPSA) is 95.1 Å². The van der Waals surface area contributed by atoms with Crippen LogP contribution in [0.5, 0.6) is 11.5 Å². The minimum atomic E-state index is 0.381. The van der Waals surface area contributed by atoms with E-state index < -0.39 is 0 Å². The van der Waals surface area contributed by atoms with Crippen molar-refractivity contribution in [2.24, 2.45) is 5.92 Å². The molecular weight excluding hydrogens is 426 g/mol. The summed E-state index contributed by atoms with van der Waals surface area (Å²) in [7, 11) is 0. The molecule has 0 unspecified atom stereocenters. The summed E-state index contributed by atoms with van der Waals surface area (Å²) in [6.45, 7) is 1.21. The van der Waals surface area contributed by atoms with Crippen molar-refractivity contribution in [3.05, 3.63) is 66.6 Å². The van der Waals surface area contributed by atoms with Crippen LogP contribution in [0, 0.1) is 17.8 Å². The monoisotopic (exact) mass is 451 g/mol. The van der Waals surface area contributed by atoms with E-state index in [1.807, 2.05) is 42.5 Å². The van der Waals surface area contributed by atoms with Gasteiger partial charge in [-0.05, 0) is 48.6 Å². The van der Waals surface area contributed by atoms with Crippen molar-refractivity contribution in [2.45, 2.75) is 25.8 Å². The second-order valence-electron chi connectivity index (χ2n) is 8.29. The predicted molar refractivity (Wildman–Crippen MR) is 132 cm³/mol. The van der Waals surface area contributed by atoms with E-state index in [1.165, 1.54) is 12.0 Å². The lowest BCUT2D eigenvalue weighted by atomic mass is 9.92. The minimum absolute atomic E-state index is 0.381. The van der Waals surface area contributed by atoms with Gasteiger partial charge in [0.15, 0.2) is 0 Å². The number of amides is 1. The summed E-state index contributed by atoms with van der Waals surface area (Å²) in [6, 6.07) is 17.8. The fourth-order valence-electron chi connectivity index (χ4n) is 4.55. The van der Waals surface area contributed by atoms with Crippen LogP contribution in [0.4, 0.5) is 5.82 Å². The number of anilines is 1. The van der Waals surface area contributed by atoms with Gasteiger partial charge in [0.2, 0.25) is 6.41 Å². The number of para-hydroxylation sites is 1. The van der Waals surface area contributed by atoms with E-state index in [0.717, 1.165) is 59.5 Å². The zero-order valence-electron chi connectivity index (χ0n) is 18.7. The normalized spacial score (nSPS) is 14.6. The predicted octanol–water partition coefficient (Wildman–Crippen LogP) is 4.17. The van der Waals surface area contributed by atoms with E-state index in [0.29, 0.717) is 24.7 Å². The maximum atomic E-state index is 10.4. The molecular formula is C27H25N5O2. The molecule has 0 saturated heterocycles. The van der Waals surface area contributed by atoms with E-state index in [2.05, 4.69) is 43.8 Å². The van der Waals surface area contributed by atoms with Crippen LogP contribution in [-0.2, 0) is 17.8 Å². The van der Waals surface area contributed by atoms with Crippen molar-refractivity contribution >= 4 is 23.3 Å². The number of rotatable bonds is 6. The Kier molecular flexibility index (Phi) is 6.13. The molecule has 0 aliphatic carbocycles. The van der Waals surface area contributed by atoms with Crippen LogP contribution in [-0.4, -0.2) is 27.5 Å². The van der Waals surface area contributed by atoms with Crippen molar-refractivity contribution in [2.75, 3.05) is 12.3 Å². The van der Waals surface area contributed by atoms with Gasteiger partial charge in [-0.15, -0.1) is 5.92 Å². The average molecular weight is 452 g/mol. The number of nitrogens with two attached hydrogens (primary N) is 1. The smallest absolute Gasteiger partial charge is 0.207 e. The molecule has 4 aromatic rings. The van der Waals surface area contributed by atoms with Gasteiger partial charge in [-0.25, -0.2) is 9.97 Å². The summed E-state index contributed by atoms with van der Waals surface area (Å²) >= 11 is 0. The highest BCUT2D eigenvalue weighted by atomic mass is 16.5. The largest absolute Gasteiger partial charge is 0.457 e. The summed E-state index contributed by atoms with van der Waals surface area (Å²) in [5.41, 5.74) is 10.6. The second kappa shape index (κ2) is 9.67. The zero-order chi connectivity index (χ0) is 23.3. The van der Waals surface area contributed by atoms with Crippen molar-refractivity contribution in [1.82, 2.24) is 19.9 Å². The Bertz CT molecular complexity index is 1370. The molecule has 1 aliphatic rings. The number of benzene rings is 2. The molecule has 0 radical (unpaired) electrons. The molecule has 3 N–H and O–H groups in total. The molecule has 5 rings (SSSR count). The molecule has 2 aromatic carbocycles. The van der Waals surface area contributed by atoms with Crippen LogP contribution in [0.2, 0.25) is 0 Å². The molecule has 170 valence electrons. The van der Waals surface area contributed by atoms with Gasteiger partial charge in [-0.2, -0.15) is 0 Å². The molecule has 1 atom stereocenters. The average Bonchev–Trinajstić information content (AvgIpc) is 3.20. The van der Waals surface area contributed by atoms with E-state index in [1.54, 1.807) is 0 Å². The van der Waals surface area contributed by atoms with E-state index >= 15 is 0 Å². The van der Waals surface area contributed by atoms with Gasteiger partial charge in [-0.3, -0.25) is 4.79 Å². The molecule has 1 aliphatic heterocycles. The molecule has 3 heterocycles. The lowest BCUT2D eigenvalue weighted by Crippen LogP contribution is -2.20. The number of hydrogen-bond donors (Lipinski definition) is 2. The first-order valence-electron chi connectivity index (χ1n) is 11.3. The molecule has 0 spiro atoms. The van der Waals surface area contributed by atoms with E-state index in [9.17, 15) is 4.79 Å².